The summed E-state index contributed by atoms with van der Waals surface area (Å²) in [7, 11) is 0. The minimum Gasteiger partial charge on any atom is -0.492 e. The molecule has 3 rings (SSSR count). The van der Waals surface area contributed by atoms with E-state index in [4.69, 9.17) is 9.47 Å². The Bertz CT molecular complexity index is 816. The summed E-state index contributed by atoms with van der Waals surface area (Å²) in [5, 5.41) is -0.443. The van der Waals surface area contributed by atoms with Crippen LogP contribution in [-0.2, 0) is 14.3 Å². The van der Waals surface area contributed by atoms with Crippen LogP contribution in [0.4, 0.5) is 4.79 Å². The van der Waals surface area contributed by atoms with E-state index in [0.717, 1.165) is 31.2 Å². The average Bonchev–Trinajstić information content (AvgIpc) is 2.93. The molecule has 0 aromatic heterocycles. The first-order valence-electron chi connectivity index (χ1n) is 8.63. The number of hydrogen-bond donors (Lipinski definition) is 0. The van der Waals surface area contributed by atoms with Crippen LogP contribution in [0.25, 0.3) is 6.08 Å². The topological polar surface area (TPSA) is 76.2 Å². The summed E-state index contributed by atoms with van der Waals surface area (Å²) in [4.78, 5) is 40.2. The Morgan fingerprint density at radius 1 is 1.25 bits per heavy atom. The van der Waals surface area contributed by atoms with Crippen LogP contribution in [0.2, 0.25) is 0 Å². The van der Waals surface area contributed by atoms with E-state index in [2.05, 4.69) is 31.9 Å². The van der Waals surface area contributed by atoms with Gasteiger partial charge in [-0.25, -0.2) is 0 Å². The predicted molar refractivity (Wildman–Crippen MR) is 113 cm³/mol. The highest BCUT2D eigenvalue weighted by Gasteiger charge is 2.37. The number of carbonyl (C=O) groups is 3. The van der Waals surface area contributed by atoms with Gasteiger partial charge in [0, 0.05) is 13.1 Å². The van der Waals surface area contributed by atoms with Gasteiger partial charge in [0.1, 0.15) is 12.3 Å². The van der Waals surface area contributed by atoms with Gasteiger partial charge in [-0.2, -0.15) is 0 Å². The Kier molecular flexibility index (Phi) is 7.19. The van der Waals surface area contributed by atoms with E-state index in [-0.39, 0.29) is 17.4 Å². The molecule has 28 heavy (non-hydrogen) atoms. The molecule has 0 bridgehead atoms. The number of rotatable bonds is 5. The van der Waals surface area contributed by atoms with E-state index in [9.17, 15) is 14.4 Å². The smallest absolute Gasteiger partial charge is 0.294 e. The van der Waals surface area contributed by atoms with Gasteiger partial charge in [0.25, 0.3) is 11.1 Å². The van der Waals surface area contributed by atoms with Gasteiger partial charge in [0.05, 0.1) is 33.7 Å². The van der Waals surface area contributed by atoms with Crippen LogP contribution in [0.15, 0.2) is 26.0 Å². The summed E-state index contributed by atoms with van der Waals surface area (Å²) in [6.45, 7) is 4.04. The van der Waals surface area contributed by atoms with E-state index < -0.39 is 11.1 Å². The summed E-state index contributed by atoms with van der Waals surface area (Å²) in [5.74, 6) is -0.0417. The van der Waals surface area contributed by atoms with Gasteiger partial charge in [0.2, 0.25) is 5.91 Å². The van der Waals surface area contributed by atoms with Crippen molar-refractivity contribution in [2.24, 2.45) is 0 Å². The number of morpholine rings is 1. The highest BCUT2D eigenvalue weighted by Crippen LogP contribution is 2.37. The fourth-order valence-electron chi connectivity index (χ4n) is 2.78. The Morgan fingerprint density at radius 3 is 2.50 bits per heavy atom. The first kappa shape index (κ1) is 21.4. The number of nitrogens with zero attached hydrogens (tertiary/aromatic N) is 2. The highest BCUT2D eigenvalue weighted by atomic mass is 79.9. The number of ether oxygens (including phenoxy) is 2. The molecule has 0 spiro atoms. The third-order valence-electron chi connectivity index (χ3n) is 4.14. The Morgan fingerprint density at radius 2 is 1.89 bits per heavy atom. The zero-order chi connectivity index (χ0) is 20.3. The van der Waals surface area contributed by atoms with Gasteiger partial charge in [-0.15, -0.1) is 0 Å². The molecule has 10 heteroatoms. The molecule has 1 aromatic rings. The van der Waals surface area contributed by atoms with Crippen molar-refractivity contribution in [2.45, 2.75) is 6.92 Å². The van der Waals surface area contributed by atoms with E-state index >= 15 is 0 Å². The molecule has 150 valence electrons. The summed E-state index contributed by atoms with van der Waals surface area (Å²) in [5.41, 5.74) is 0.729. The standard InChI is InChI=1S/C18H18Br2N2O5S/c1-2-27-16-12(19)7-11(8-13(16)20)9-14-17(24)22(18(25)28-14)10-15(23)21-3-5-26-6-4-21/h7-9H,2-6,10H2,1H3/b14-9+. The number of hydrogen-bond acceptors (Lipinski definition) is 6. The second-order valence-corrected chi connectivity index (χ2v) is 8.71. The number of amides is 3. The Labute approximate surface area is 183 Å². The van der Waals surface area contributed by atoms with Crippen molar-refractivity contribution in [3.05, 3.63) is 31.5 Å². The van der Waals surface area contributed by atoms with Crippen molar-refractivity contribution in [3.8, 4) is 5.75 Å². The molecule has 0 aliphatic carbocycles. The van der Waals surface area contributed by atoms with Gasteiger partial charge in [-0.3, -0.25) is 19.3 Å². The summed E-state index contributed by atoms with van der Waals surface area (Å²) in [6, 6.07) is 3.62. The molecule has 1 aromatic carbocycles. The van der Waals surface area contributed by atoms with Gasteiger partial charge in [-0.1, -0.05) is 0 Å². The lowest BCUT2D eigenvalue weighted by Gasteiger charge is -2.28. The quantitative estimate of drug-likeness (QED) is 0.539. The molecule has 2 aliphatic heterocycles. The van der Waals surface area contributed by atoms with Crippen LogP contribution < -0.4 is 4.74 Å². The lowest BCUT2D eigenvalue weighted by molar-refractivity contribution is -0.139. The van der Waals surface area contributed by atoms with Gasteiger partial charge in [0.15, 0.2) is 0 Å². The zero-order valence-corrected chi connectivity index (χ0v) is 19.1. The van der Waals surface area contributed by atoms with Crippen molar-refractivity contribution in [1.29, 1.82) is 0 Å². The van der Waals surface area contributed by atoms with E-state index in [1.165, 1.54) is 0 Å². The van der Waals surface area contributed by atoms with Crippen molar-refractivity contribution in [3.63, 3.8) is 0 Å². The maximum absolute atomic E-state index is 12.7. The SMILES string of the molecule is CCOc1c(Br)cc(/C=C2/SC(=O)N(CC(=O)N3CCOCC3)C2=O)cc1Br. The van der Waals surface area contributed by atoms with Crippen molar-refractivity contribution in [1.82, 2.24) is 9.80 Å². The van der Waals surface area contributed by atoms with Crippen LogP contribution in [0, 0.1) is 0 Å². The molecule has 2 fully saturated rings. The molecule has 0 N–H and O–H groups in total. The second kappa shape index (κ2) is 9.43. The molecule has 2 heterocycles. The monoisotopic (exact) mass is 532 g/mol. The fraction of sp³-hybridized carbons (Fsp3) is 0.389. The molecule has 7 nitrogen and oxygen atoms in total. The summed E-state index contributed by atoms with van der Waals surface area (Å²) < 4.78 is 12.2. The fourth-order valence-corrected chi connectivity index (χ4v) is 5.07. The Hall–Kier alpha value is -1.36. The lowest BCUT2D eigenvalue weighted by atomic mass is 10.2. The largest absolute Gasteiger partial charge is 0.492 e. The number of imide groups is 1. The third kappa shape index (κ3) is 4.79. The van der Waals surface area contributed by atoms with Crippen LogP contribution in [-0.4, -0.2) is 66.3 Å². The van der Waals surface area contributed by atoms with Gasteiger partial charge < -0.3 is 14.4 Å². The van der Waals surface area contributed by atoms with Crippen molar-refractivity contribution in [2.75, 3.05) is 39.5 Å². The minimum absolute atomic E-state index is 0.251. The molecule has 0 radical (unpaired) electrons. The molecular weight excluding hydrogens is 516 g/mol. The Balaban J connectivity index is 1.74. The van der Waals surface area contributed by atoms with Gasteiger partial charge in [-0.05, 0) is 74.3 Å². The molecule has 3 amide bonds. The maximum Gasteiger partial charge on any atom is 0.294 e. The number of benzene rings is 1. The van der Waals surface area contributed by atoms with Crippen LogP contribution in [0.5, 0.6) is 5.75 Å². The molecule has 0 saturated carbocycles. The molecule has 2 saturated heterocycles. The van der Waals surface area contributed by atoms with Crippen LogP contribution >= 0.6 is 43.6 Å². The lowest BCUT2D eigenvalue weighted by Crippen LogP contribution is -2.46. The molecule has 0 atom stereocenters. The van der Waals surface area contributed by atoms with Crippen LogP contribution in [0.1, 0.15) is 12.5 Å². The zero-order valence-electron chi connectivity index (χ0n) is 15.1. The van der Waals surface area contributed by atoms with E-state index in [1.807, 2.05) is 19.1 Å². The van der Waals surface area contributed by atoms with Gasteiger partial charge >= 0.3 is 0 Å². The number of thioether (sulfide) groups is 1. The third-order valence-corrected chi connectivity index (χ3v) is 6.22. The predicted octanol–water partition coefficient (Wildman–Crippen LogP) is 3.51. The minimum atomic E-state index is -0.460. The number of halogens is 2. The number of carbonyl (C=O) groups excluding carboxylic acids is 3. The first-order valence-corrected chi connectivity index (χ1v) is 11.0. The van der Waals surface area contributed by atoms with E-state index in [1.54, 1.807) is 11.0 Å². The first-order chi connectivity index (χ1) is 13.4. The molecule has 0 unspecified atom stereocenters. The second-order valence-electron chi connectivity index (χ2n) is 6.01. The molecular formula is C18H18Br2N2O5S. The van der Waals surface area contributed by atoms with E-state index in [0.29, 0.717) is 38.7 Å². The maximum atomic E-state index is 12.7. The van der Waals surface area contributed by atoms with Crippen molar-refractivity contribution >= 4 is 66.8 Å². The molecule has 2 aliphatic rings. The highest BCUT2D eigenvalue weighted by molar-refractivity contribution is 9.11. The summed E-state index contributed by atoms with van der Waals surface area (Å²) >= 11 is 7.73. The summed E-state index contributed by atoms with van der Waals surface area (Å²) in [6.07, 6.45) is 1.63. The van der Waals surface area contributed by atoms with Crippen molar-refractivity contribution < 1.29 is 23.9 Å². The average molecular weight is 534 g/mol. The normalized spacial score (nSPS) is 18.9. The van der Waals surface area contributed by atoms with Crippen LogP contribution in [0.3, 0.4) is 0 Å².